The first-order valence-electron chi connectivity index (χ1n) is 14.4. The summed E-state index contributed by atoms with van der Waals surface area (Å²) in [6.45, 7) is 6.05. The molecular formula is C31H34F2N6O4. The zero-order valence-electron chi connectivity index (χ0n) is 24.4. The molecule has 3 N–H and O–H groups in total. The van der Waals surface area contributed by atoms with Crippen molar-refractivity contribution >= 4 is 22.6 Å². The van der Waals surface area contributed by atoms with Crippen molar-refractivity contribution < 1.29 is 23.0 Å². The lowest BCUT2D eigenvalue weighted by molar-refractivity contribution is 0.0763. The molecule has 10 nitrogen and oxygen atoms in total. The molecule has 0 saturated carbocycles. The maximum Gasteiger partial charge on any atom is 0.261 e. The highest BCUT2D eigenvalue weighted by molar-refractivity contribution is 6.02. The molecule has 1 unspecified atom stereocenters. The fourth-order valence-electron chi connectivity index (χ4n) is 6.10. The van der Waals surface area contributed by atoms with E-state index in [0.29, 0.717) is 41.2 Å². The fourth-order valence-corrected chi connectivity index (χ4v) is 6.10. The van der Waals surface area contributed by atoms with Gasteiger partial charge in [0.05, 0.1) is 30.9 Å². The number of carbonyl (C=O) groups is 1. The largest absolute Gasteiger partial charge is 0.493 e. The number of hydrogen-bond donors (Lipinski definition) is 3. The van der Waals surface area contributed by atoms with Crippen molar-refractivity contribution in [1.82, 2.24) is 24.8 Å². The van der Waals surface area contributed by atoms with Gasteiger partial charge in [-0.25, -0.2) is 13.8 Å². The van der Waals surface area contributed by atoms with Crippen LogP contribution in [0, 0.1) is 11.6 Å². The normalized spacial score (nSPS) is 15.7. The summed E-state index contributed by atoms with van der Waals surface area (Å²) in [4.78, 5) is 41.1. The van der Waals surface area contributed by atoms with E-state index in [1.54, 1.807) is 19.1 Å². The van der Waals surface area contributed by atoms with Crippen LogP contribution in [0.25, 0.3) is 22.4 Å². The number of hydrogen-bond acceptors (Lipinski definition) is 7. The quantitative estimate of drug-likeness (QED) is 0.251. The standard InChI is InChI=1S/C31H34F2N6O4/c1-17(12-20-27(33)21(32)15-25(42-2)28(20)43-3)35-22-6-7-34-30(40)26(22)29-36-23-13-18-16-39(11-10-38-8-4-5-9-38)31(41)19(18)14-24(23)37-29/h6-7,13-15,17H,4-5,8-12,16H2,1-3H3,(H,36,37)(H2,34,35,40). The number of imidazole rings is 1. The highest BCUT2D eigenvalue weighted by Crippen LogP contribution is 2.36. The number of aromatic amines is 2. The number of nitrogens with one attached hydrogen (secondary N) is 3. The number of rotatable bonds is 10. The number of nitrogens with zero attached hydrogens (tertiary/aromatic N) is 3. The molecular weight excluding hydrogens is 558 g/mol. The van der Waals surface area contributed by atoms with Crippen LogP contribution >= 0.6 is 0 Å². The van der Waals surface area contributed by atoms with Crippen molar-refractivity contribution in [3.8, 4) is 22.9 Å². The van der Waals surface area contributed by atoms with E-state index in [-0.39, 0.29) is 40.5 Å². The molecule has 1 amide bonds. The van der Waals surface area contributed by atoms with Gasteiger partial charge in [0.1, 0.15) is 11.4 Å². The second kappa shape index (κ2) is 11.7. The molecule has 2 aliphatic heterocycles. The summed E-state index contributed by atoms with van der Waals surface area (Å²) < 4.78 is 39.6. The summed E-state index contributed by atoms with van der Waals surface area (Å²) in [5, 5.41) is 3.24. The van der Waals surface area contributed by atoms with Gasteiger partial charge in [-0.15, -0.1) is 0 Å². The summed E-state index contributed by atoms with van der Waals surface area (Å²) in [7, 11) is 2.72. The van der Waals surface area contributed by atoms with Gasteiger partial charge in [-0.05, 0) is 63.0 Å². The van der Waals surface area contributed by atoms with E-state index in [2.05, 4.69) is 25.2 Å². The number of pyridine rings is 1. The van der Waals surface area contributed by atoms with Crippen LogP contribution in [0.5, 0.6) is 11.5 Å². The molecule has 6 rings (SSSR count). The lowest BCUT2D eigenvalue weighted by Crippen LogP contribution is -2.33. The summed E-state index contributed by atoms with van der Waals surface area (Å²) in [6.07, 6.45) is 3.96. The Hall–Kier alpha value is -4.45. The Balaban J connectivity index is 1.25. The maximum atomic E-state index is 14.8. The van der Waals surface area contributed by atoms with Crippen LogP contribution in [0.1, 0.15) is 41.3 Å². The molecule has 1 fully saturated rings. The first-order valence-corrected chi connectivity index (χ1v) is 14.4. The van der Waals surface area contributed by atoms with E-state index in [0.717, 1.165) is 31.3 Å². The number of carbonyl (C=O) groups excluding carboxylic acids is 1. The van der Waals surface area contributed by atoms with E-state index in [1.807, 2.05) is 11.0 Å². The van der Waals surface area contributed by atoms with Gasteiger partial charge in [0, 0.05) is 49.1 Å². The van der Waals surface area contributed by atoms with Crippen molar-refractivity contribution in [3.05, 3.63) is 69.1 Å². The zero-order valence-corrected chi connectivity index (χ0v) is 24.4. The average Bonchev–Trinajstić information content (AvgIpc) is 3.72. The highest BCUT2D eigenvalue weighted by atomic mass is 19.2. The van der Waals surface area contributed by atoms with Gasteiger partial charge in [0.2, 0.25) is 0 Å². The van der Waals surface area contributed by atoms with E-state index < -0.39 is 17.7 Å². The number of fused-ring (bicyclic) bond motifs is 2. The molecule has 43 heavy (non-hydrogen) atoms. The summed E-state index contributed by atoms with van der Waals surface area (Å²) in [5.74, 6) is -1.56. The van der Waals surface area contributed by atoms with Crippen molar-refractivity contribution in [3.63, 3.8) is 0 Å². The Labute approximate surface area is 247 Å². The molecule has 0 aliphatic carbocycles. The second-order valence-electron chi connectivity index (χ2n) is 11.1. The molecule has 4 heterocycles. The number of likely N-dealkylation sites (tertiary alicyclic amines) is 1. The van der Waals surface area contributed by atoms with Gasteiger partial charge in [0.25, 0.3) is 11.5 Å². The topological polar surface area (TPSA) is 116 Å². The van der Waals surface area contributed by atoms with Gasteiger partial charge in [-0.3, -0.25) is 9.59 Å². The number of benzene rings is 2. The van der Waals surface area contributed by atoms with Crippen LogP contribution in [0.4, 0.5) is 14.5 Å². The van der Waals surface area contributed by atoms with Crippen molar-refractivity contribution in [1.29, 1.82) is 0 Å². The van der Waals surface area contributed by atoms with Crippen LogP contribution in [-0.2, 0) is 13.0 Å². The Morgan fingerprint density at radius 3 is 2.63 bits per heavy atom. The predicted molar refractivity (Wildman–Crippen MR) is 159 cm³/mol. The van der Waals surface area contributed by atoms with Crippen molar-refractivity contribution in [2.24, 2.45) is 0 Å². The fraction of sp³-hybridized carbons (Fsp3) is 0.387. The molecule has 4 aromatic rings. The van der Waals surface area contributed by atoms with Crippen LogP contribution < -0.4 is 20.3 Å². The Bertz CT molecular complexity index is 1750. The molecule has 1 atom stereocenters. The molecule has 12 heteroatoms. The number of anilines is 1. The molecule has 226 valence electrons. The highest BCUT2D eigenvalue weighted by Gasteiger charge is 2.29. The molecule has 2 aromatic carbocycles. The van der Waals surface area contributed by atoms with Gasteiger partial charge < -0.3 is 34.6 Å². The number of amides is 1. The minimum Gasteiger partial charge on any atom is -0.493 e. The minimum absolute atomic E-state index is 0.00831. The van der Waals surface area contributed by atoms with Gasteiger partial charge in [-0.1, -0.05) is 0 Å². The Morgan fingerprint density at radius 2 is 1.88 bits per heavy atom. The van der Waals surface area contributed by atoms with E-state index >= 15 is 0 Å². The monoisotopic (exact) mass is 592 g/mol. The van der Waals surface area contributed by atoms with Crippen LogP contribution in [0.3, 0.4) is 0 Å². The molecule has 2 aromatic heterocycles. The summed E-state index contributed by atoms with van der Waals surface area (Å²) in [6, 6.07) is 5.88. The third-order valence-corrected chi connectivity index (χ3v) is 8.23. The third-order valence-electron chi connectivity index (χ3n) is 8.23. The number of halogens is 2. The molecule has 0 bridgehead atoms. The van der Waals surface area contributed by atoms with Crippen LogP contribution in [-0.4, -0.2) is 77.1 Å². The zero-order chi connectivity index (χ0) is 30.2. The minimum atomic E-state index is -1.04. The van der Waals surface area contributed by atoms with Gasteiger partial charge >= 0.3 is 0 Å². The lowest BCUT2D eigenvalue weighted by atomic mass is 10.0. The Kier molecular flexibility index (Phi) is 7.78. The number of aromatic nitrogens is 3. The van der Waals surface area contributed by atoms with Crippen molar-refractivity contribution in [2.45, 2.75) is 38.8 Å². The smallest absolute Gasteiger partial charge is 0.261 e. The first-order chi connectivity index (χ1) is 20.8. The van der Waals surface area contributed by atoms with Crippen molar-refractivity contribution in [2.75, 3.05) is 45.7 Å². The average molecular weight is 593 g/mol. The molecule has 2 aliphatic rings. The number of H-pyrrole nitrogens is 2. The lowest BCUT2D eigenvalue weighted by Gasteiger charge is -2.20. The first kappa shape index (κ1) is 28.7. The second-order valence-corrected chi connectivity index (χ2v) is 11.1. The number of methoxy groups -OCH3 is 2. The molecule has 0 radical (unpaired) electrons. The predicted octanol–water partition coefficient (Wildman–Crippen LogP) is 4.31. The van der Waals surface area contributed by atoms with Crippen LogP contribution in [0.15, 0.2) is 35.3 Å². The summed E-state index contributed by atoms with van der Waals surface area (Å²) >= 11 is 0. The SMILES string of the molecule is COc1cc(F)c(F)c(CC(C)Nc2cc[nH]c(=O)c2-c2nc3cc4c(cc3[nH]2)CN(CCN2CCCC2)C4=O)c1OC. The van der Waals surface area contributed by atoms with E-state index in [9.17, 15) is 18.4 Å². The summed E-state index contributed by atoms with van der Waals surface area (Å²) in [5.41, 5.74) is 3.18. The van der Waals surface area contributed by atoms with Gasteiger partial charge in [0.15, 0.2) is 23.1 Å². The number of ether oxygens (including phenoxy) is 2. The van der Waals surface area contributed by atoms with E-state index in [4.69, 9.17) is 9.47 Å². The molecule has 1 saturated heterocycles. The maximum absolute atomic E-state index is 14.8. The molecule has 0 spiro atoms. The third kappa shape index (κ3) is 5.42. The Morgan fingerprint density at radius 1 is 1.09 bits per heavy atom. The van der Waals surface area contributed by atoms with Gasteiger partial charge in [-0.2, -0.15) is 0 Å². The van der Waals surface area contributed by atoms with Crippen LogP contribution in [0.2, 0.25) is 0 Å². The van der Waals surface area contributed by atoms with E-state index in [1.165, 1.54) is 33.3 Å².